The molecule has 0 aliphatic heterocycles. The molecule has 0 radical (unpaired) electrons. The molecule has 0 spiro atoms. The second-order valence-corrected chi connectivity index (χ2v) is 37.0. The maximum absolute atomic E-state index is 2.91. The second kappa shape index (κ2) is 37.7. The molecule has 2 saturated carbocycles. The van der Waals surface area contributed by atoms with Crippen LogP contribution in [0.4, 0.5) is 34.1 Å². The van der Waals surface area contributed by atoms with Gasteiger partial charge >= 0.3 is 0 Å². The summed E-state index contributed by atoms with van der Waals surface area (Å²) < 4.78 is 0. The van der Waals surface area contributed by atoms with Crippen LogP contribution in [0.2, 0.25) is 0 Å². The van der Waals surface area contributed by atoms with Crippen molar-refractivity contribution in [3.8, 4) is 0 Å². The maximum atomic E-state index is 2.91. The summed E-state index contributed by atoms with van der Waals surface area (Å²) in [4.78, 5) is 15.3. The van der Waals surface area contributed by atoms with E-state index in [9.17, 15) is 0 Å². The van der Waals surface area contributed by atoms with E-state index in [1.807, 2.05) is 0 Å². The first-order valence-electron chi connectivity index (χ1n) is 38.6. The van der Waals surface area contributed by atoms with Crippen molar-refractivity contribution in [2.75, 3.05) is 14.7 Å². The lowest BCUT2D eigenvalue weighted by Crippen LogP contribution is -2.60. The zero-order valence-corrected chi connectivity index (χ0v) is 70.8. The molecule has 6 heteroatoms. The van der Waals surface area contributed by atoms with E-state index in [1.54, 1.807) is 0 Å². The van der Waals surface area contributed by atoms with Gasteiger partial charge < -0.3 is 14.7 Å². The molecule has 0 bridgehead atoms. The fraction of sp³-hybridized carbons (Fsp3) is 0.613. The Morgan fingerprint density at radius 3 is 0.788 bits per heavy atom. The summed E-state index contributed by atoms with van der Waals surface area (Å²) >= 11 is 0. The molecule has 0 N–H and O–H groups in total. The van der Waals surface area contributed by atoms with Gasteiger partial charge in [0, 0.05) is 103 Å². The quantitative estimate of drug-likeness (QED) is 0.128. The van der Waals surface area contributed by atoms with Crippen molar-refractivity contribution in [1.29, 1.82) is 0 Å². The summed E-state index contributed by atoms with van der Waals surface area (Å²) in [7, 11) is 0. The van der Waals surface area contributed by atoms with Gasteiger partial charge in [-0.1, -0.05) is 147 Å². The summed E-state index contributed by atoms with van der Waals surface area (Å²) in [6, 6.07) is 50.8. The molecule has 2 aliphatic carbocycles. The van der Waals surface area contributed by atoms with Crippen LogP contribution in [0.3, 0.4) is 0 Å². The normalized spacial score (nSPS) is 14.5. The van der Waals surface area contributed by atoms with E-state index in [4.69, 9.17) is 0 Å². The first-order chi connectivity index (χ1) is 45.4. The average Bonchev–Trinajstić information content (AvgIpc) is 0.770. The maximum Gasteiger partial charge on any atom is 0.0475 e. The van der Waals surface area contributed by atoms with E-state index in [2.05, 4.69) is 405 Å². The summed E-state index contributed by atoms with van der Waals surface area (Å²) in [5, 5.41) is 0. The zero-order valence-electron chi connectivity index (χ0n) is 70.8. The van der Waals surface area contributed by atoms with E-state index >= 15 is 0 Å². The van der Waals surface area contributed by atoms with Crippen LogP contribution in [-0.2, 0) is 0 Å². The lowest BCUT2D eigenvalue weighted by atomic mass is 9.85. The molecular weight excluding hydrogens is 1200 g/mol. The topological polar surface area (TPSA) is 19.4 Å². The number of para-hydroxylation sites is 4. The number of benzene rings is 6. The molecule has 2 fully saturated rings. The van der Waals surface area contributed by atoms with Crippen LogP contribution in [0.15, 0.2) is 133 Å². The molecule has 99 heavy (non-hydrogen) atoms. The predicted molar refractivity (Wildman–Crippen MR) is 446 cm³/mol. The fourth-order valence-electron chi connectivity index (χ4n) is 17.5. The van der Waals surface area contributed by atoms with Crippen molar-refractivity contribution in [1.82, 2.24) is 14.7 Å². The van der Waals surface area contributed by atoms with Crippen LogP contribution in [0.1, 0.15) is 296 Å². The lowest BCUT2D eigenvalue weighted by molar-refractivity contribution is -0.0403. The van der Waals surface area contributed by atoms with Crippen LogP contribution >= 0.6 is 0 Å². The SMILES string of the molecule is CC(C)(C)N(C(C)(C)C)C(C)(C)C.CC(C)(C)N(C1CCCCC1)C1CCCCC1.CC(C)(C)N(c1ccccc1)c1ccccc1.CC(C)N(C(C)C)C(C)(C)C.Cc1cc(C)c(N(c2c(C)cc(C)cc2C)C(C)(C)C)c(C)c1.Cc1ccccc1N(c1ccccc1C)C(C)C. The van der Waals surface area contributed by atoms with Crippen LogP contribution in [0.25, 0.3) is 0 Å². The van der Waals surface area contributed by atoms with E-state index in [-0.39, 0.29) is 27.7 Å². The minimum atomic E-state index is 0.00948. The molecule has 554 valence electrons. The third kappa shape index (κ3) is 27.4. The smallest absolute Gasteiger partial charge is 0.0475 e. The van der Waals surface area contributed by atoms with Crippen molar-refractivity contribution in [2.45, 2.75) is 376 Å². The van der Waals surface area contributed by atoms with Crippen LogP contribution < -0.4 is 14.7 Å². The molecule has 0 unspecified atom stereocenters. The van der Waals surface area contributed by atoms with Crippen LogP contribution in [-0.4, -0.2) is 83.7 Å². The van der Waals surface area contributed by atoms with Gasteiger partial charge in [0.1, 0.15) is 0 Å². The highest BCUT2D eigenvalue weighted by atomic mass is 15.3. The van der Waals surface area contributed by atoms with Gasteiger partial charge in [-0.2, -0.15) is 0 Å². The monoisotopic (exact) mass is 1350 g/mol. The molecule has 6 nitrogen and oxygen atoms in total. The number of rotatable bonds is 11. The minimum absolute atomic E-state index is 0.00948. The van der Waals surface area contributed by atoms with Crippen molar-refractivity contribution in [2.24, 2.45) is 0 Å². The van der Waals surface area contributed by atoms with E-state index in [0.29, 0.717) is 29.2 Å². The van der Waals surface area contributed by atoms with Gasteiger partial charge in [-0.15, -0.1) is 0 Å². The predicted octanol–water partition coefficient (Wildman–Crippen LogP) is 27.3. The third-order valence-corrected chi connectivity index (χ3v) is 19.0. The van der Waals surface area contributed by atoms with Crippen molar-refractivity contribution >= 4 is 34.1 Å². The average molecular weight is 1350 g/mol. The summed E-state index contributed by atoms with van der Waals surface area (Å²) in [5.74, 6) is 0. The molecule has 2 aliphatic rings. The van der Waals surface area contributed by atoms with Crippen LogP contribution in [0, 0.1) is 55.4 Å². The van der Waals surface area contributed by atoms with Gasteiger partial charge in [-0.25, -0.2) is 0 Å². The van der Waals surface area contributed by atoms with E-state index in [0.717, 1.165) is 12.1 Å². The summed E-state index contributed by atoms with van der Waals surface area (Å²) in [6.07, 6.45) is 14.6. The highest BCUT2D eigenvalue weighted by Crippen LogP contribution is 2.43. The molecule has 0 atom stereocenters. The molecule has 6 aromatic carbocycles. The summed E-state index contributed by atoms with van der Waals surface area (Å²) in [5.41, 5.74) is 19.8. The molecule has 8 rings (SSSR count). The van der Waals surface area contributed by atoms with Crippen LogP contribution in [0.5, 0.6) is 0 Å². The molecule has 0 saturated heterocycles. The summed E-state index contributed by atoms with van der Waals surface area (Å²) in [6.45, 7) is 79.3. The Kier molecular flexibility index (Phi) is 33.4. The number of nitrogens with zero attached hydrogens (tertiary/aromatic N) is 6. The first-order valence-corrected chi connectivity index (χ1v) is 38.6. The molecule has 0 aromatic heterocycles. The number of hydrogen-bond donors (Lipinski definition) is 0. The number of aryl methyl sites for hydroxylation is 8. The zero-order chi connectivity index (χ0) is 75.6. The second-order valence-electron chi connectivity index (χ2n) is 37.0. The highest BCUT2D eigenvalue weighted by molar-refractivity contribution is 5.76. The van der Waals surface area contributed by atoms with E-state index in [1.165, 1.54) is 143 Å². The number of anilines is 6. The van der Waals surface area contributed by atoms with Gasteiger partial charge in [0.05, 0.1) is 0 Å². The Bertz CT molecular complexity index is 3020. The minimum Gasteiger partial charge on any atom is -0.338 e. The Balaban J connectivity index is 0.000000314. The Morgan fingerprint density at radius 2 is 0.576 bits per heavy atom. The molecule has 0 amide bonds. The van der Waals surface area contributed by atoms with Gasteiger partial charge in [-0.05, 0) is 338 Å². The first kappa shape index (κ1) is 87.8. The van der Waals surface area contributed by atoms with Crippen molar-refractivity contribution in [3.63, 3.8) is 0 Å². The fourth-order valence-corrected chi connectivity index (χ4v) is 17.5. The highest BCUT2D eigenvalue weighted by Gasteiger charge is 2.40. The van der Waals surface area contributed by atoms with Crippen molar-refractivity contribution < 1.29 is 0 Å². The van der Waals surface area contributed by atoms with E-state index < -0.39 is 0 Å². The Labute approximate surface area is 613 Å². The number of hydrogen-bond acceptors (Lipinski definition) is 6. The van der Waals surface area contributed by atoms with Gasteiger partial charge in [0.2, 0.25) is 0 Å². The Morgan fingerprint density at radius 1 is 0.293 bits per heavy atom. The lowest BCUT2D eigenvalue weighted by Gasteiger charge is -2.53. The Hall–Kier alpha value is -5.40. The van der Waals surface area contributed by atoms with Gasteiger partial charge in [0.15, 0.2) is 0 Å². The van der Waals surface area contributed by atoms with Gasteiger partial charge in [-0.3, -0.25) is 14.7 Å². The third-order valence-electron chi connectivity index (χ3n) is 19.0. The largest absolute Gasteiger partial charge is 0.338 e. The standard InChI is InChI=1S/C22H31N.C17H21N.C16H31N.C16H19N.C12H27N.C10H23N/c1-14-10-16(3)20(17(4)11-14)23(22(7,8)9)21-18(5)12-15(2)13-19(21)6;1-13(2)18(16-11-7-5-9-14(16)3)17-12-8-6-10-15(17)4;2*1-16(2,3)17(14-10-6-4-7-11-14)15-12-8-5-9-13-15;1-10(2,3)13(11(4,5)6)12(7,8)9;1-8(2)11(9(3)4)10(5,6)7/h10-13H,1-9H3;5-13H,1-4H3;14-15H,4-13H2,1-3H3;4-13H,1-3H3;1-9H3;8-9H,1-7H3. The molecule has 0 heterocycles. The van der Waals surface area contributed by atoms with Gasteiger partial charge in [0.25, 0.3) is 0 Å². The van der Waals surface area contributed by atoms with Crippen molar-refractivity contribution in [3.05, 3.63) is 178 Å². The molecular formula is C93H152N6. The molecule has 6 aromatic rings.